The Morgan fingerprint density at radius 1 is 1.03 bits per heavy atom. The van der Waals surface area contributed by atoms with Gasteiger partial charge in [-0.05, 0) is 49.8 Å². The monoisotopic (exact) mass is 406 g/mol. The Hall–Kier alpha value is -3.94. The number of hydrogen-bond acceptors (Lipinski definition) is 3. The van der Waals surface area contributed by atoms with E-state index in [2.05, 4.69) is 10.4 Å². The van der Waals surface area contributed by atoms with E-state index in [1.54, 1.807) is 6.92 Å². The van der Waals surface area contributed by atoms with Crippen LogP contribution < -0.4 is 10.9 Å². The maximum atomic E-state index is 13.2. The minimum atomic E-state index is -0.542. The first-order valence-corrected chi connectivity index (χ1v) is 9.31. The van der Waals surface area contributed by atoms with Crippen molar-refractivity contribution < 1.29 is 14.0 Å². The first-order chi connectivity index (χ1) is 14.3. The molecular weight excluding hydrogens is 387 g/mol. The van der Waals surface area contributed by atoms with Gasteiger partial charge in [0.05, 0.1) is 17.8 Å². The number of hydrogen-bond donors (Lipinski definition) is 2. The number of benzene rings is 2. The molecule has 3 amide bonds. The van der Waals surface area contributed by atoms with Crippen molar-refractivity contribution in [1.29, 1.82) is 0 Å². The number of aryl methyl sites for hydroxylation is 2. The fourth-order valence-corrected chi connectivity index (χ4v) is 3.35. The summed E-state index contributed by atoms with van der Waals surface area (Å²) in [6, 6.07) is 12.4. The molecule has 1 aromatic heterocycles. The summed E-state index contributed by atoms with van der Waals surface area (Å²) >= 11 is 0. The largest absolute Gasteiger partial charge is 0.329 e. The zero-order valence-corrected chi connectivity index (χ0v) is 16.4. The Balaban J connectivity index is 1.64. The summed E-state index contributed by atoms with van der Waals surface area (Å²) in [5, 5.41) is 5.44. The maximum Gasteiger partial charge on any atom is 0.329 e. The normalized spacial score (nSPS) is 15.2. The lowest BCUT2D eigenvalue weighted by atomic mass is 10.1. The smallest absolute Gasteiger partial charge is 0.303 e. The van der Waals surface area contributed by atoms with Crippen molar-refractivity contribution in [3.8, 4) is 5.69 Å². The van der Waals surface area contributed by atoms with E-state index in [1.165, 1.54) is 35.0 Å². The number of urea groups is 1. The lowest BCUT2D eigenvalue weighted by Crippen LogP contribution is -2.30. The van der Waals surface area contributed by atoms with Gasteiger partial charge >= 0.3 is 6.03 Å². The van der Waals surface area contributed by atoms with Crippen LogP contribution in [0.5, 0.6) is 0 Å². The number of nitrogens with zero attached hydrogens (tertiary/aromatic N) is 2. The highest BCUT2D eigenvalue weighted by Crippen LogP contribution is 2.18. The van der Waals surface area contributed by atoms with Crippen LogP contribution in [0.25, 0.3) is 11.8 Å². The number of rotatable bonds is 4. The highest BCUT2D eigenvalue weighted by atomic mass is 19.1. The average molecular weight is 406 g/mol. The van der Waals surface area contributed by atoms with E-state index >= 15 is 0 Å². The molecule has 0 radical (unpaired) electrons. The van der Waals surface area contributed by atoms with E-state index in [0.29, 0.717) is 11.4 Å². The summed E-state index contributed by atoms with van der Waals surface area (Å²) in [5.41, 5.74) is 2.67. The number of aromatic nitrogens is 2. The van der Waals surface area contributed by atoms with Gasteiger partial charge in [0.15, 0.2) is 0 Å². The van der Waals surface area contributed by atoms with Gasteiger partial charge in [0, 0.05) is 5.69 Å². The molecule has 0 bridgehead atoms. The van der Waals surface area contributed by atoms with Crippen molar-refractivity contribution in [2.45, 2.75) is 20.4 Å². The first kappa shape index (κ1) is 19.4. The van der Waals surface area contributed by atoms with Crippen LogP contribution in [-0.2, 0) is 11.3 Å². The molecule has 0 saturated carbocycles. The molecule has 4 rings (SSSR count). The second-order valence-electron chi connectivity index (χ2n) is 7.14. The lowest BCUT2D eigenvalue weighted by molar-refractivity contribution is -0.123. The van der Waals surface area contributed by atoms with Gasteiger partial charge < -0.3 is 5.32 Å². The Labute approximate surface area is 171 Å². The Bertz CT molecular complexity index is 1240. The second kappa shape index (κ2) is 7.47. The predicted octanol–water partition coefficient (Wildman–Crippen LogP) is 3.01. The fraction of sp³-hybridized carbons (Fsp3) is 0.136. The third-order valence-corrected chi connectivity index (χ3v) is 4.88. The molecule has 2 heterocycles. The van der Waals surface area contributed by atoms with Gasteiger partial charge in [0.25, 0.3) is 11.5 Å². The molecular formula is C22H19FN4O3. The molecule has 0 unspecified atom stereocenters. The molecule has 7 nitrogen and oxygen atoms in total. The average Bonchev–Trinajstić information content (AvgIpc) is 3.14. The van der Waals surface area contributed by atoms with Gasteiger partial charge in [-0.15, -0.1) is 0 Å². The number of aromatic amines is 1. The molecule has 0 atom stereocenters. The van der Waals surface area contributed by atoms with Crippen LogP contribution >= 0.6 is 0 Å². The van der Waals surface area contributed by atoms with Crippen molar-refractivity contribution in [3.63, 3.8) is 0 Å². The Morgan fingerprint density at radius 3 is 2.47 bits per heavy atom. The molecule has 0 aliphatic carbocycles. The second-order valence-corrected chi connectivity index (χ2v) is 7.14. The SMILES string of the molecule is Cc1cccc(CN2C(=O)NC(=Cc3c(C)[nH]n(-c4ccc(F)cc4)c3=O)C2=O)c1. The van der Waals surface area contributed by atoms with Crippen molar-refractivity contribution in [2.75, 3.05) is 0 Å². The maximum absolute atomic E-state index is 13.2. The molecule has 3 aromatic rings. The molecule has 1 saturated heterocycles. The molecule has 8 heteroatoms. The van der Waals surface area contributed by atoms with E-state index in [0.717, 1.165) is 16.0 Å². The van der Waals surface area contributed by atoms with E-state index in [-0.39, 0.29) is 17.8 Å². The minimum absolute atomic E-state index is 0.0260. The number of carbonyl (C=O) groups is 2. The number of amides is 3. The number of carbonyl (C=O) groups excluding carboxylic acids is 2. The lowest BCUT2D eigenvalue weighted by Gasteiger charge is -2.12. The minimum Gasteiger partial charge on any atom is -0.303 e. The third-order valence-electron chi connectivity index (χ3n) is 4.88. The van der Waals surface area contributed by atoms with Crippen molar-refractivity contribution >= 4 is 18.0 Å². The number of H-pyrrole nitrogens is 1. The van der Waals surface area contributed by atoms with Gasteiger partial charge in [-0.2, -0.15) is 0 Å². The molecule has 1 aliphatic rings. The van der Waals surface area contributed by atoms with Gasteiger partial charge in [0.2, 0.25) is 0 Å². The number of nitrogens with one attached hydrogen (secondary N) is 2. The topological polar surface area (TPSA) is 87.2 Å². The predicted molar refractivity (Wildman–Crippen MR) is 109 cm³/mol. The van der Waals surface area contributed by atoms with E-state index in [4.69, 9.17) is 0 Å². The summed E-state index contributed by atoms with van der Waals surface area (Å²) in [7, 11) is 0. The molecule has 152 valence electrons. The molecule has 1 aliphatic heterocycles. The van der Waals surface area contributed by atoms with Crippen molar-refractivity contribution in [2.24, 2.45) is 0 Å². The fourth-order valence-electron chi connectivity index (χ4n) is 3.35. The highest BCUT2D eigenvalue weighted by molar-refractivity contribution is 6.13. The molecule has 2 N–H and O–H groups in total. The van der Waals surface area contributed by atoms with Gasteiger partial charge in [0.1, 0.15) is 11.5 Å². The third kappa shape index (κ3) is 3.55. The number of halogens is 1. The van der Waals surface area contributed by atoms with E-state index < -0.39 is 23.3 Å². The Kier molecular flexibility index (Phi) is 4.83. The number of imide groups is 1. The van der Waals surface area contributed by atoms with Crippen LogP contribution in [0.3, 0.4) is 0 Å². The highest BCUT2D eigenvalue weighted by Gasteiger charge is 2.34. The molecule has 1 fully saturated rings. The first-order valence-electron chi connectivity index (χ1n) is 9.31. The van der Waals surface area contributed by atoms with Crippen molar-refractivity contribution in [1.82, 2.24) is 20.0 Å². The van der Waals surface area contributed by atoms with Gasteiger partial charge in [-0.3, -0.25) is 19.6 Å². The van der Waals surface area contributed by atoms with Crippen LogP contribution in [-0.4, -0.2) is 26.6 Å². The summed E-state index contributed by atoms with van der Waals surface area (Å²) in [5.74, 6) is -0.916. The summed E-state index contributed by atoms with van der Waals surface area (Å²) in [4.78, 5) is 39.0. The zero-order valence-electron chi connectivity index (χ0n) is 16.4. The van der Waals surface area contributed by atoms with Crippen LogP contribution in [0.2, 0.25) is 0 Å². The summed E-state index contributed by atoms with van der Waals surface area (Å²) in [6.07, 6.45) is 1.37. The quantitative estimate of drug-likeness (QED) is 0.516. The molecule has 0 spiro atoms. The summed E-state index contributed by atoms with van der Waals surface area (Å²) in [6.45, 7) is 3.75. The van der Waals surface area contributed by atoms with Crippen LogP contribution in [0, 0.1) is 19.7 Å². The van der Waals surface area contributed by atoms with E-state index in [9.17, 15) is 18.8 Å². The molecule has 30 heavy (non-hydrogen) atoms. The summed E-state index contributed by atoms with van der Waals surface area (Å²) < 4.78 is 14.4. The van der Waals surface area contributed by atoms with Crippen LogP contribution in [0.1, 0.15) is 22.4 Å². The molecule has 2 aromatic carbocycles. The van der Waals surface area contributed by atoms with Crippen molar-refractivity contribution in [3.05, 3.63) is 92.8 Å². The van der Waals surface area contributed by atoms with Crippen LogP contribution in [0.15, 0.2) is 59.0 Å². The van der Waals surface area contributed by atoms with Gasteiger partial charge in [-0.1, -0.05) is 29.8 Å². The zero-order chi connectivity index (χ0) is 21.4. The van der Waals surface area contributed by atoms with Crippen LogP contribution in [0.4, 0.5) is 9.18 Å². The van der Waals surface area contributed by atoms with E-state index in [1.807, 2.05) is 31.2 Å². The van der Waals surface area contributed by atoms with Gasteiger partial charge in [-0.25, -0.2) is 13.9 Å². The Morgan fingerprint density at radius 2 is 1.77 bits per heavy atom. The standard InChI is InChI=1S/C22H19FN4O3/c1-13-4-3-5-15(10-13)12-26-21(29)19(24-22(26)30)11-18-14(2)25-27(20(18)28)17-8-6-16(23)7-9-17/h3-11,25H,12H2,1-2H3,(H,24,30).